The normalized spacial score (nSPS) is 12.6. The maximum Gasteiger partial charge on any atom is 0.127 e. The number of aliphatic hydroxyl groups excluding tert-OH is 1. The summed E-state index contributed by atoms with van der Waals surface area (Å²) in [5.74, 6) is 0.805. The van der Waals surface area contributed by atoms with Crippen LogP contribution in [0.1, 0.15) is 6.42 Å². The lowest BCUT2D eigenvalue weighted by molar-refractivity contribution is 0.103. The van der Waals surface area contributed by atoms with Crippen LogP contribution in [0, 0.1) is 0 Å². The summed E-state index contributed by atoms with van der Waals surface area (Å²) in [5, 5.41) is 11.8. The molecule has 2 aromatic carbocycles. The molecule has 1 atom stereocenters. The van der Waals surface area contributed by atoms with Gasteiger partial charge in [-0.2, -0.15) is 0 Å². The number of benzene rings is 2. The summed E-state index contributed by atoms with van der Waals surface area (Å²) >= 11 is 0. The van der Waals surface area contributed by atoms with Crippen LogP contribution in [-0.4, -0.2) is 24.4 Å². The Hall–Kier alpha value is -1.58. The van der Waals surface area contributed by atoms with Crippen molar-refractivity contribution in [1.29, 1.82) is 0 Å². The molecule has 3 nitrogen and oxygen atoms in total. The van der Waals surface area contributed by atoms with Crippen LogP contribution in [0.3, 0.4) is 0 Å². The van der Waals surface area contributed by atoms with Gasteiger partial charge in [-0.1, -0.05) is 36.4 Å². The molecule has 0 aliphatic rings. The Bertz CT molecular complexity index is 479. The van der Waals surface area contributed by atoms with Crippen LogP contribution < -0.4 is 10.5 Å². The Morgan fingerprint density at radius 2 is 1.88 bits per heavy atom. The van der Waals surface area contributed by atoms with E-state index in [0.29, 0.717) is 13.0 Å². The van der Waals surface area contributed by atoms with Crippen molar-refractivity contribution in [1.82, 2.24) is 0 Å². The molecule has 1 unspecified atom stereocenters. The van der Waals surface area contributed by atoms with Gasteiger partial charge >= 0.3 is 0 Å². The quantitative estimate of drug-likeness (QED) is 0.826. The van der Waals surface area contributed by atoms with Gasteiger partial charge in [0, 0.05) is 5.39 Å². The van der Waals surface area contributed by atoms with Gasteiger partial charge in [-0.15, -0.1) is 0 Å². The Labute approximate surface area is 101 Å². The molecule has 0 radical (unpaired) electrons. The van der Waals surface area contributed by atoms with Crippen LogP contribution in [0.4, 0.5) is 0 Å². The third kappa shape index (κ3) is 2.96. The molecule has 2 aromatic rings. The number of ether oxygens (including phenoxy) is 1. The summed E-state index contributed by atoms with van der Waals surface area (Å²) in [6.45, 7) is 0.755. The zero-order valence-corrected chi connectivity index (χ0v) is 9.67. The van der Waals surface area contributed by atoms with E-state index >= 15 is 0 Å². The monoisotopic (exact) mass is 231 g/mol. The minimum Gasteiger partial charge on any atom is -0.490 e. The SMILES string of the molecule is NCCC(O)COc1cccc2ccccc12. The molecule has 0 bridgehead atoms. The first-order chi connectivity index (χ1) is 8.31. The summed E-state index contributed by atoms with van der Waals surface area (Å²) in [4.78, 5) is 0. The van der Waals surface area contributed by atoms with Crippen molar-refractivity contribution in [2.75, 3.05) is 13.2 Å². The van der Waals surface area contributed by atoms with Crippen molar-refractivity contribution >= 4 is 10.8 Å². The lowest BCUT2D eigenvalue weighted by Crippen LogP contribution is -2.21. The fraction of sp³-hybridized carbons (Fsp3) is 0.286. The highest BCUT2D eigenvalue weighted by Gasteiger charge is 2.06. The van der Waals surface area contributed by atoms with Gasteiger partial charge < -0.3 is 15.6 Å². The molecule has 0 aliphatic carbocycles. The molecule has 0 spiro atoms. The highest BCUT2D eigenvalue weighted by molar-refractivity contribution is 5.88. The predicted octanol–water partition coefficient (Wildman–Crippen LogP) is 1.93. The van der Waals surface area contributed by atoms with Crippen LogP contribution in [0.25, 0.3) is 10.8 Å². The molecular weight excluding hydrogens is 214 g/mol. The number of nitrogens with two attached hydrogens (primary N) is 1. The summed E-state index contributed by atoms with van der Waals surface area (Å²) < 4.78 is 5.63. The van der Waals surface area contributed by atoms with E-state index in [1.807, 2.05) is 42.5 Å². The topological polar surface area (TPSA) is 55.5 Å². The van der Waals surface area contributed by atoms with Crippen LogP contribution in [0.2, 0.25) is 0 Å². The molecule has 0 heterocycles. The average molecular weight is 231 g/mol. The van der Waals surface area contributed by atoms with Gasteiger partial charge in [0.15, 0.2) is 0 Å². The third-order valence-corrected chi connectivity index (χ3v) is 2.68. The van der Waals surface area contributed by atoms with Gasteiger partial charge in [0.05, 0.1) is 6.10 Å². The number of hydrogen-bond acceptors (Lipinski definition) is 3. The van der Waals surface area contributed by atoms with Gasteiger partial charge in [0.1, 0.15) is 12.4 Å². The smallest absolute Gasteiger partial charge is 0.127 e. The summed E-state index contributed by atoms with van der Waals surface area (Å²) in [5.41, 5.74) is 5.37. The fourth-order valence-corrected chi connectivity index (χ4v) is 1.78. The average Bonchev–Trinajstić information content (AvgIpc) is 2.36. The number of aliphatic hydroxyl groups is 1. The highest BCUT2D eigenvalue weighted by Crippen LogP contribution is 2.25. The maximum atomic E-state index is 9.58. The van der Waals surface area contributed by atoms with Crippen LogP contribution >= 0.6 is 0 Å². The standard InChI is InChI=1S/C14H17NO2/c15-9-8-12(16)10-17-14-7-3-5-11-4-1-2-6-13(11)14/h1-7,12,16H,8-10,15H2. The van der Waals surface area contributed by atoms with E-state index in [1.165, 1.54) is 0 Å². The highest BCUT2D eigenvalue weighted by atomic mass is 16.5. The molecule has 3 N–H and O–H groups in total. The molecule has 0 fully saturated rings. The second-order valence-corrected chi connectivity index (χ2v) is 4.02. The first kappa shape index (κ1) is 11.9. The van der Waals surface area contributed by atoms with Crippen LogP contribution in [-0.2, 0) is 0 Å². The summed E-state index contributed by atoms with van der Waals surface area (Å²) in [7, 11) is 0. The number of hydrogen-bond donors (Lipinski definition) is 2. The number of rotatable bonds is 5. The Morgan fingerprint density at radius 1 is 1.12 bits per heavy atom. The summed E-state index contributed by atoms with van der Waals surface area (Å²) in [6.07, 6.45) is 0.0593. The second-order valence-electron chi connectivity index (χ2n) is 4.02. The molecule has 0 aliphatic heterocycles. The third-order valence-electron chi connectivity index (χ3n) is 2.68. The first-order valence-electron chi connectivity index (χ1n) is 5.80. The predicted molar refractivity (Wildman–Crippen MR) is 69.1 cm³/mol. The second kappa shape index (κ2) is 5.66. The molecule has 0 aromatic heterocycles. The maximum absolute atomic E-state index is 9.58. The lowest BCUT2D eigenvalue weighted by atomic mass is 10.1. The molecule has 3 heteroatoms. The molecule has 0 amide bonds. The van der Waals surface area contributed by atoms with Gasteiger partial charge in [0.2, 0.25) is 0 Å². The van der Waals surface area contributed by atoms with E-state index in [9.17, 15) is 5.11 Å². The number of fused-ring (bicyclic) bond motifs is 1. The molecular formula is C14H17NO2. The van der Waals surface area contributed by atoms with Crippen molar-refractivity contribution < 1.29 is 9.84 Å². The van der Waals surface area contributed by atoms with Crippen molar-refractivity contribution in [2.24, 2.45) is 5.73 Å². The van der Waals surface area contributed by atoms with Gasteiger partial charge in [-0.05, 0) is 24.4 Å². The van der Waals surface area contributed by atoms with Crippen molar-refractivity contribution in [3.8, 4) is 5.75 Å². The van der Waals surface area contributed by atoms with Crippen LogP contribution in [0.15, 0.2) is 42.5 Å². The van der Waals surface area contributed by atoms with Crippen molar-refractivity contribution in [3.63, 3.8) is 0 Å². The summed E-state index contributed by atoms with van der Waals surface area (Å²) in [6, 6.07) is 13.9. The van der Waals surface area contributed by atoms with Crippen molar-refractivity contribution in [2.45, 2.75) is 12.5 Å². The minimum atomic E-state index is -0.501. The van der Waals surface area contributed by atoms with E-state index in [0.717, 1.165) is 16.5 Å². The molecule has 0 saturated carbocycles. The van der Waals surface area contributed by atoms with Gasteiger partial charge in [-0.3, -0.25) is 0 Å². The van der Waals surface area contributed by atoms with E-state index in [2.05, 4.69) is 0 Å². The largest absolute Gasteiger partial charge is 0.490 e. The zero-order chi connectivity index (χ0) is 12.1. The lowest BCUT2D eigenvalue weighted by Gasteiger charge is -2.13. The van der Waals surface area contributed by atoms with E-state index in [1.54, 1.807) is 0 Å². The first-order valence-corrected chi connectivity index (χ1v) is 5.80. The minimum absolute atomic E-state index is 0.283. The molecule has 90 valence electrons. The molecule has 2 rings (SSSR count). The van der Waals surface area contributed by atoms with Gasteiger partial charge in [0.25, 0.3) is 0 Å². The van der Waals surface area contributed by atoms with E-state index in [4.69, 9.17) is 10.5 Å². The van der Waals surface area contributed by atoms with Crippen molar-refractivity contribution in [3.05, 3.63) is 42.5 Å². The molecule has 0 saturated heterocycles. The van der Waals surface area contributed by atoms with E-state index in [-0.39, 0.29) is 6.61 Å². The van der Waals surface area contributed by atoms with Gasteiger partial charge in [-0.25, -0.2) is 0 Å². The van der Waals surface area contributed by atoms with E-state index < -0.39 is 6.10 Å². The Kier molecular flexibility index (Phi) is 3.96. The Balaban J connectivity index is 2.13. The van der Waals surface area contributed by atoms with Crippen LogP contribution in [0.5, 0.6) is 5.75 Å². The zero-order valence-electron chi connectivity index (χ0n) is 9.67. The molecule has 17 heavy (non-hydrogen) atoms. The Morgan fingerprint density at radius 3 is 2.71 bits per heavy atom. The fourth-order valence-electron chi connectivity index (χ4n) is 1.78.